The number of aliphatic hydroxyl groups is 1. The lowest BCUT2D eigenvalue weighted by molar-refractivity contribution is 0.0261. The molecule has 4 aromatic rings. The molecule has 2 aliphatic rings. The second-order valence-electron chi connectivity index (χ2n) is 11.4. The summed E-state index contributed by atoms with van der Waals surface area (Å²) in [6.07, 6.45) is 1.31. The third-order valence-corrected chi connectivity index (χ3v) is 8.04. The van der Waals surface area contributed by atoms with Crippen LogP contribution >= 0.6 is 0 Å². The zero-order chi connectivity index (χ0) is 28.3. The normalized spacial score (nSPS) is 21.2. The monoisotopic (exact) mass is 552 g/mol. The van der Waals surface area contributed by atoms with E-state index in [9.17, 15) is 18.7 Å². The Balaban J connectivity index is 1.47. The highest BCUT2D eigenvalue weighted by Gasteiger charge is 2.31. The average molecular weight is 553 g/mol. The van der Waals surface area contributed by atoms with Gasteiger partial charge in [0.2, 0.25) is 0 Å². The third kappa shape index (κ3) is 4.60. The number of hydrogen-bond donors (Lipinski definition) is 2. The van der Waals surface area contributed by atoms with Gasteiger partial charge in [0.05, 0.1) is 30.6 Å². The van der Waals surface area contributed by atoms with Crippen LogP contribution in [0, 0.1) is 5.92 Å². The number of amides is 1. The number of likely N-dealkylation sites (tertiary alicyclic amines) is 1. The minimum atomic E-state index is -1.68. The highest BCUT2D eigenvalue weighted by Crippen LogP contribution is 2.38. The van der Waals surface area contributed by atoms with Crippen molar-refractivity contribution in [1.29, 1.82) is 0 Å². The van der Waals surface area contributed by atoms with E-state index in [0.717, 1.165) is 30.5 Å². The van der Waals surface area contributed by atoms with Crippen LogP contribution in [-0.4, -0.2) is 74.1 Å². The molecule has 3 aromatic heterocycles. The van der Waals surface area contributed by atoms with Gasteiger partial charge in [-0.2, -0.15) is 0 Å². The molecule has 1 unspecified atom stereocenters. The highest BCUT2D eigenvalue weighted by molar-refractivity contribution is 6.00. The molecule has 2 fully saturated rings. The van der Waals surface area contributed by atoms with Crippen LogP contribution in [0.4, 0.5) is 8.78 Å². The largest absolute Gasteiger partial charge is 0.494 e. The van der Waals surface area contributed by atoms with E-state index in [1.165, 1.54) is 18.9 Å². The van der Waals surface area contributed by atoms with Crippen molar-refractivity contribution in [1.82, 2.24) is 24.0 Å². The Morgan fingerprint density at radius 1 is 1.23 bits per heavy atom. The summed E-state index contributed by atoms with van der Waals surface area (Å²) in [6, 6.07) is 8.45. The molecular weight excluding hydrogens is 518 g/mol. The quantitative estimate of drug-likeness (QED) is 0.362. The fraction of sp³-hybridized carbons (Fsp3) is 0.483. The minimum absolute atomic E-state index is 0.00586. The Morgan fingerprint density at radius 3 is 2.67 bits per heavy atom. The number of aryl methyl sites for hydroxylation is 1. The topological polar surface area (TPSA) is 111 Å². The maximum atomic E-state index is 14.2. The number of carbonyl (C=O) groups is 1. The Kier molecular flexibility index (Phi) is 6.53. The van der Waals surface area contributed by atoms with Gasteiger partial charge in [-0.05, 0) is 62.4 Å². The Hall–Kier alpha value is -3.57. The fourth-order valence-corrected chi connectivity index (χ4v) is 5.67. The maximum Gasteiger partial charge on any atom is 0.254 e. The number of imidazole rings is 1. The number of benzene rings is 1. The van der Waals surface area contributed by atoms with Gasteiger partial charge in [-0.1, -0.05) is 0 Å². The zero-order valence-electron chi connectivity index (χ0n) is 22.9. The van der Waals surface area contributed by atoms with Crippen LogP contribution in [0.3, 0.4) is 0 Å². The number of nitrogens with two attached hydrogens (primary N) is 1. The van der Waals surface area contributed by atoms with Crippen LogP contribution in [0.5, 0.6) is 5.75 Å². The van der Waals surface area contributed by atoms with Crippen LogP contribution in [0.15, 0.2) is 30.3 Å². The molecule has 1 amide bonds. The number of hydrogen-bond acceptors (Lipinski definition) is 6. The predicted molar refractivity (Wildman–Crippen MR) is 148 cm³/mol. The zero-order valence-corrected chi connectivity index (χ0v) is 22.9. The first kappa shape index (κ1) is 26.6. The van der Waals surface area contributed by atoms with Crippen molar-refractivity contribution >= 4 is 28.0 Å². The summed E-state index contributed by atoms with van der Waals surface area (Å²) in [5, 5.41) is 11.4. The number of nitrogens with zero attached hydrogens (tertiary/aromatic N) is 5. The van der Waals surface area contributed by atoms with Gasteiger partial charge in [-0.3, -0.25) is 4.79 Å². The molecule has 6 rings (SSSR count). The summed E-state index contributed by atoms with van der Waals surface area (Å²) in [6.45, 7) is 1.49. The summed E-state index contributed by atoms with van der Waals surface area (Å²) < 4.78 is 37.4. The Bertz CT molecular complexity index is 1600. The first-order valence-corrected chi connectivity index (χ1v) is 13.6. The number of methoxy groups -OCH3 is 1. The second-order valence-corrected chi connectivity index (χ2v) is 11.4. The number of fused-ring (bicyclic) bond motifs is 2. The molecule has 9 nitrogen and oxygen atoms in total. The van der Waals surface area contributed by atoms with Crippen LogP contribution < -0.4 is 10.5 Å². The summed E-state index contributed by atoms with van der Waals surface area (Å²) in [4.78, 5) is 24.4. The van der Waals surface area contributed by atoms with E-state index >= 15 is 0 Å². The number of pyridine rings is 1. The van der Waals surface area contributed by atoms with E-state index in [1.807, 2.05) is 23.7 Å². The number of carbonyl (C=O) groups excluding carboxylic acids is 1. The van der Waals surface area contributed by atoms with Crippen molar-refractivity contribution < 1.29 is 23.4 Å². The third-order valence-electron chi connectivity index (χ3n) is 8.04. The lowest BCUT2D eigenvalue weighted by atomic mass is 10.0. The van der Waals surface area contributed by atoms with Crippen LogP contribution in [0.2, 0.25) is 0 Å². The number of alkyl halides is 2. The smallest absolute Gasteiger partial charge is 0.254 e. The van der Waals surface area contributed by atoms with Crippen LogP contribution in [0.1, 0.15) is 42.2 Å². The van der Waals surface area contributed by atoms with Crippen molar-refractivity contribution in [3.63, 3.8) is 0 Å². The molecule has 3 atom stereocenters. The van der Waals surface area contributed by atoms with Gasteiger partial charge in [0.25, 0.3) is 5.91 Å². The first-order chi connectivity index (χ1) is 19.1. The molecule has 3 N–H and O–H groups in total. The Morgan fingerprint density at radius 2 is 2.00 bits per heavy atom. The van der Waals surface area contributed by atoms with E-state index in [0.29, 0.717) is 46.3 Å². The number of aromatic nitrogens is 4. The van der Waals surface area contributed by atoms with Crippen LogP contribution in [-0.2, 0) is 19.2 Å². The second kappa shape index (κ2) is 9.81. The van der Waals surface area contributed by atoms with Crippen molar-refractivity contribution in [3.05, 3.63) is 41.6 Å². The first-order valence-electron chi connectivity index (χ1n) is 13.6. The summed E-state index contributed by atoms with van der Waals surface area (Å²) in [7, 11) is 3.42. The molecule has 1 saturated heterocycles. The van der Waals surface area contributed by atoms with Gasteiger partial charge in [0, 0.05) is 37.1 Å². The van der Waals surface area contributed by atoms with Gasteiger partial charge in [-0.15, -0.1) is 0 Å². The van der Waals surface area contributed by atoms with Crippen molar-refractivity contribution in [2.24, 2.45) is 18.7 Å². The number of rotatable bonds is 7. The van der Waals surface area contributed by atoms with Crippen molar-refractivity contribution in [3.8, 4) is 17.3 Å². The van der Waals surface area contributed by atoms with Gasteiger partial charge in [-0.25, -0.2) is 18.7 Å². The number of ether oxygens (including phenoxy) is 1. The van der Waals surface area contributed by atoms with Crippen LogP contribution in [0.25, 0.3) is 33.6 Å². The SMILES string of the molecule is COc1cc(C(=O)N2C[C@H](N)C[C@@H](F)C2)cc2nc(-c3cc4ccc(C(C)(O)CF)nc4n3CC3CC3)n(C)c12. The van der Waals surface area contributed by atoms with E-state index in [-0.39, 0.29) is 24.6 Å². The fourth-order valence-electron chi connectivity index (χ4n) is 5.67. The predicted octanol–water partition coefficient (Wildman–Crippen LogP) is 3.70. The highest BCUT2D eigenvalue weighted by atomic mass is 19.1. The lowest BCUT2D eigenvalue weighted by Crippen LogP contribution is -2.50. The molecule has 0 radical (unpaired) electrons. The van der Waals surface area contributed by atoms with Gasteiger partial charge in [0.1, 0.15) is 35.4 Å². The van der Waals surface area contributed by atoms with E-state index in [2.05, 4.69) is 9.55 Å². The molecule has 0 bridgehead atoms. The average Bonchev–Trinajstić information content (AvgIpc) is 3.60. The van der Waals surface area contributed by atoms with Gasteiger partial charge >= 0.3 is 0 Å². The maximum absolute atomic E-state index is 14.2. The minimum Gasteiger partial charge on any atom is -0.494 e. The molecule has 0 spiro atoms. The molecule has 4 heterocycles. The van der Waals surface area contributed by atoms with E-state index in [1.54, 1.807) is 18.2 Å². The van der Waals surface area contributed by atoms with Gasteiger partial charge < -0.3 is 29.6 Å². The summed E-state index contributed by atoms with van der Waals surface area (Å²) in [5.74, 6) is 1.32. The van der Waals surface area contributed by atoms with Gasteiger partial charge in [0.15, 0.2) is 5.82 Å². The van der Waals surface area contributed by atoms with Crippen molar-refractivity contribution in [2.45, 2.75) is 50.5 Å². The molecule has 1 aliphatic carbocycles. The molecular formula is C29H34F2N6O3. The lowest BCUT2D eigenvalue weighted by Gasteiger charge is -2.33. The summed E-state index contributed by atoms with van der Waals surface area (Å²) >= 11 is 0. The van der Waals surface area contributed by atoms with E-state index in [4.69, 9.17) is 15.5 Å². The standard InChI is InChI=1S/C29H34F2N6O3/c1-29(39,15-30)24-7-6-17-9-22(37(26(17)34-24)12-16-4-5-16)27-33-21-8-18(10-23(40-3)25(21)35(27)2)28(38)36-13-19(31)11-20(32)14-36/h6-10,16,19-20,39H,4-5,11-15,32H2,1-3H3/t19-,20-,29?/m1/s1. The molecule has 11 heteroatoms. The molecule has 212 valence electrons. The van der Waals surface area contributed by atoms with Crippen molar-refractivity contribution in [2.75, 3.05) is 26.9 Å². The molecule has 40 heavy (non-hydrogen) atoms. The molecule has 1 saturated carbocycles. The number of halogens is 2. The molecule has 1 aliphatic heterocycles. The van der Waals surface area contributed by atoms with E-state index < -0.39 is 24.5 Å². The Labute approximate surface area is 230 Å². The molecule has 1 aromatic carbocycles. The summed E-state index contributed by atoms with van der Waals surface area (Å²) in [5.41, 5.74) is 7.68. The number of piperidine rings is 1.